The maximum absolute atomic E-state index is 8.52. The first kappa shape index (κ1) is 11.4. The van der Waals surface area contributed by atoms with Crippen molar-refractivity contribution in [2.75, 3.05) is 32.8 Å². The minimum absolute atomic E-state index is 0.157. The smallest absolute Gasteiger partial charge is 0.0512 e. The molecule has 0 aromatic rings. The van der Waals surface area contributed by atoms with Crippen LogP contribution in [0.5, 0.6) is 0 Å². The van der Waals surface area contributed by atoms with Gasteiger partial charge in [-0.05, 0) is 44.9 Å². The SMILES string of the molecule is [2H]C1([2H])C(C(C)(C)C)C([2H])([2H])N1CN1C2CCC1CN(C(C)(C)C)C2. The van der Waals surface area contributed by atoms with Gasteiger partial charge < -0.3 is 0 Å². The molecular weight excluding hydrogens is 258 g/mol. The third-order valence-electron chi connectivity index (χ3n) is 5.32. The average molecular weight is 298 g/mol. The van der Waals surface area contributed by atoms with Crippen molar-refractivity contribution in [3.8, 4) is 0 Å². The number of likely N-dealkylation sites (tertiary alicyclic amines) is 2. The first-order chi connectivity index (χ1) is 11.2. The van der Waals surface area contributed by atoms with Gasteiger partial charge in [0.15, 0.2) is 0 Å². The molecule has 3 aliphatic heterocycles. The summed E-state index contributed by atoms with van der Waals surface area (Å²) in [5.41, 5.74) is -0.238. The van der Waals surface area contributed by atoms with Crippen molar-refractivity contribution in [2.45, 2.75) is 72.0 Å². The summed E-state index contributed by atoms with van der Waals surface area (Å²) in [6.07, 6.45) is 2.28. The average Bonchev–Trinajstić information content (AvgIpc) is 2.61. The van der Waals surface area contributed by atoms with E-state index < -0.39 is 24.3 Å². The molecule has 0 radical (unpaired) electrons. The van der Waals surface area contributed by atoms with Gasteiger partial charge in [-0.3, -0.25) is 14.7 Å². The number of fused-ring (bicyclic) bond motifs is 2. The van der Waals surface area contributed by atoms with E-state index in [1.54, 1.807) is 0 Å². The van der Waals surface area contributed by atoms with Gasteiger partial charge in [0.2, 0.25) is 0 Å². The van der Waals surface area contributed by atoms with Crippen molar-refractivity contribution in [3.05, 3.63) is 0 Å². The number of nitrogens with zero attached hydrogens (tertiary/aromatic N) is 3. The zero-order valence-electron chi connectivity index (χ0n) is 18.6. The van der Waals surface area contributed by atoms with Gasteiger partial charge in [0.05, 0.1) is 6.67 Å². The zero-order chi connectivity index (χ0) is 19.0. The standard InChI is InChI=1S/C18H35N3/c1-17(2,3)14-9-19(10-14)13-21-15-7-8-16(21)12-20(11-15)18(4,5)6/h14-16H,7-13H2,1-6H3/i9D2,10D2. The Hall–Kier alpha value is -0.120. The van der Waals surface area contributed by atoms with Crippen molar-refractivity contribution in [2.24, 2.45) is 11.3 Å². The van der Waals surface area contributed by atoms with Gasteiger partial charge in [-0.25, -0.2) is 0 Å². The Balaban J connectivity index is 1.74. The van der Waals surface area contributed by atoms with Crippen LogP contribution in [0.15, 0.2) is 0 Å². The van der Waals surface area contributed by atoms with Gasteiger partial charge in [-0.1, -0.05) is 20.8 Å². The summed E-state index contributed by atoms with van der Waals surface area (Å²) in [6.45, 7) is 11.8. The lowest BCUT2D eigenvalue weighted by Gasteiger charge is -2.52. The van der Waals surface area contributed by atoms with E-state index in [1.807, 2.05) is 20.8 Å². The van der Waals surface area contributed by atoms with E-state index in [-0.39, 0.29) is 5.54 Å². The highest BCUT2D eigenvalue weighted by atomic mass is 15.4. The number of hydrogen-bond acceptors (Lipinski definition) is 3. The first-order valence-electron chi connectivity index (χ1n) is 10.5. The summed E-state index contributed by atoms with van der Waals surface area (Å²) in [5, 5.41) is 0. The van der Waals surface area contributed by atoms with Crippen molar-refractivity contribution in [3.63, 3.8) is 0 Å². The monoisotopic (exact) mass is 297 g/mol. The topological polar surface area (TPSA) is 9.72 Å². The van der Waals surface area contributed by atoms with E-state index in [9.17, 15) is 0 Å². The predicted octanol–water partition coefficient (Wildman–Crippen LogP) is 2.87. The molecule has 0 aromatic carbocycles. The van der Waals surface area contributed by atoms with E-state index in [0.717, 1.165) is 25.9 Å². The summed E-state index contributed by atoms with van der Waals surface area (Å²) in [7, 11) is 0. The minimum atomic E-state index is -1.59. The molecule has 0 saturated carbocycles. The molecule has 3 heteroatoms. The normalized spacial score (nSPS) is 41.0. The molecule has 0 aromatic heterocycles. The Morgan fingerprint density at radius 1 is 0.952 bits per heavy atom. The van der Waals surface area contributed by atoms with Crippen molar-refractivity contribution in [1.82, 2.24) is 14.7 Å². The van der Waals surface area contributed by atoms with Crippen LogP contribution in [0.2, 0.25) is 0 Å². The largest absolute Gasteiger partial charge is 0.295 e. The molecule has 0 N–H and O–H groups in total. The fraction of sp³-hybridized carbons (Fsp3) is 1.00. The van der Waals surface area contributed by atoms with E-state index >= 15 is 0 Å². The second-order valence-corrected chi connectivity index (χ2v) is 9.10. The van der Waals surface area contributed by atoms with Crippen LogP contribution in [0.4, 0.5) is 0 Å². The number of rotatable bonds is 2. The molecule has 21 heavy (non-hydrogen) atoms. The maximum Gasteiger partial charge on any atom is 0.0512 e. The van der Waals surface area contributed by atoms with Crippen molar-refractivity contribution >= 4 is 0 Å². The lowest BCUT2D eigenvalue weighted by Crippen LogP contribution is -2.63. The van der Waals surface area contributed by atoms with E-state index in [0.29, 0.717) is 18.8 Å². The molecule has 2 bridgehead atoms. The lowest BCUT2D eigenvalue weighted by molar-refractivity contribution is -0.0581. The fourth-order valence-corrected chi connectivity index (χ4v) is 3.71. The van der Waals surface area contributed by atoms with Crippen molar-refractivity contribution < 1.29 is 5.48 Å². The van der Waals surface area contributed by atoms with Gasteiger partial charge in [-0.2, -0.15) is 0 Å². The molecular formula is C18H35N3. The summed E-state index contributed by atoms with van der Waals surface area (Å²) < 4.78 is 34.1. The van der Waals surface area contributed by atoms with Crippen LogP contribution in [0.3, 0.4) is 0 Å². The Labute approximate surface area is 137 Å². The molecule has 2 unspecified atom stereocenters. The first-order valence-corrected chi connectivity index (χ1v) is 8.45. The third kappa shape index (κ3) is 3.16. The molecule has 3 saturated heterocycles. The second-order valence-electron chi connectivity index (χ2n) is 9.10. The maximum atomic E-state index is 8.52. The molecule has 3 rings (SSSR count). The van der Waals surface area contributed by atoms with Crippen LogP contribution >= 0.6 is 0 Å². The Bertz CT molecular complexity index is 493. The highest BCUT2D eigenvalue weighted by Gasteiger charge is 2.44. The van der Waals surface area contributed by atoms with Crippen LogP contribution in [0, 0.1) is 11.3 Å². The lowest BCUT2D eigenvalue weighted by atomic mass is 9.76. The van der Waals surface area contributed by atoms with Gasteiger partial charge in [0.1, 0.15) is 0 Å². The van der Waals surface area contributed by atoms with E-state index in [2.05, 4.69) is 30.6 Å². The van der Waals surface area contributed by atoms with Crippen LogP contribution in [0.25, 0.3) is 0 Å². The molecule has 3 aliphatic rings. The molecule has 3 nitrogen and oxygen atoms in total. The van der Waals surface area contributed by atoms with Crippen LogP contribution < -0.4 is 0 Å². The second kappa shape index (κ2) is 5.21. The summed E-state index contributed by atoms with van der Waals surface area (Å²) in [5.74, 6) is -0.610. The van der Waals surface area contributed by atoms with Gasteiger partial charge >= 0.3 is 0 Å². The van der Waals surface area contributed by atoms with E-state index in [1.165, 1.54) is 4.90 Å². The summed E-state index contributed by atoms with van der Waals surface area (Å²) >= 11 is 0. The van der Waals surface area contributed by atoms with E-state index in [4.69, 9.17) is 5.48 Å². The molecule has 3 fully saturated rings. The zero-order valence-corrected chi connectivity index (χ0v) is 14.6. The Morgan fingerprint density at radius 3 is 1.90 bits per heavy atom. The van der Waals surface area contributed by atoms with Gasteiger partial charge in [0, 0.05) is 49.2 Å². The fourth-order valence-electron chi connectivity index (χ4n) is 3.71. The molecule has 0 amide bonds. The molecule has 2 atom stereocenters. The molecule has 0 aliphatic carbocycles. The van der Waals surface area contributed by atoms with Gasteiger partial charge in [0.25, 0.3) is 0 Å². The van der Waals surface area contributed by atoms with Crippen molar-refractivity contribution in [1.29, 1.82) is 0 Å². The minimum Gasteiger partial charge on any atom is -0.295 e. The highest BCUT2D eigenvalue weighted by molar-refractivity contribution is 4.99. The molecule has 0 spiro atoms. The molecule has 3 heterocycles. The van der Waals surface area contributed by atoms with Gasteiger partial charge in [-0.15, -0.1) is 0 Å². The highest BCUT2D eigenvalue weighted by Crippen LogP contribution is 2.37. The Kier molecular flexibility index (Phi) is 2.83. The quantitative estimate of drug-likeness (QED) is 0.776. The van der Waals surface area contributed by atoms with Crippen LogP contribution in [-0.4, -0.2) is 65.1 Å². The van der Waals surface area contributed by atoms with Crippen LogP contribution in [-0.2, 0) is 0 Å². The molecule has 122 valence electrons. The Morgan fingerprint density at radius 2 is 1.48 bits per heavy atom. The predicted molar refractivity (Wildman–Crippen MR) is 89.4 cm³/mol. The summed E-state index contributed by atoms with van der Waals surface area (Å²) in [4.78, 5) is 6.37. The number of piperazine rings is 1. The third-order valence-corrected chi connectivity index (χ3v) is 5.32. The number of hydrogen-bond donors (Lipinski definition) is 0. The summed E-state index contributed by atoms with van der Waals surface area (Å²) in [6, 6.07) is 0.830. The van der Waals surface area contributed by atoms with Crippen LogP contribution in [0.1, 0.15) is 59.9 Å².